The predicted octanol–water partition coefficient (Wildman–Crippen LogP) is 0.983. The van der Waals surface area contributed by atoms with E-state index in [0.29, 0.717) is 10.0 Å². The number of terminal acetylenes is 1. The number of benzene rings is 1. The van der Waals surface area contributed by atoms with Crippen LogP contribution in [0.1, 0.15) is 12.0 Å². The van der Waals surface area contributed by atoms with Crippen LogP contribution in [0.15, 0.2) is 27.6 Å². The second-order valence-corrected chi connectivity index (χ2v) is 6.23. The maximum atomic E-state index is 12.0. The Labute approximate surface area is 120 Å². The highest BCUT2D eigenvalue weighted by Crippen LogP contribution is 2.20. The topological polar surface area (TPSA) is 90.2 Å². The molecule has 0 fully saturated rings. The van der Waals surface area contributed by atoms with E-state index in [9.17, 15) is 8.42 Å². The maximum Gasteiger partial charge on any atom is 0.240 e. The summed E-state index contributed by atoms with van der Waals surface area (Å²) >= 11 is 3.12. The van der Waals surface area contributed by atoms with E-state index in [4.69, 9.17) is 16.8 Å². The highest BCUT2D eigenvalue weighted by Gasteiger charge is 2.19. The minimum absolute atomic E-state index is 0.00570. The van der Waals surface area contributed by atoms with E-state index in [2.05, 4.69) is 26.6 Å². The van der Waals surface area contributed by atoms with Crippen LogP contribution in [0.4, 0.5) is 0 Å². The summed E-state index contributed by atoms with van der Waals surface area (Å²) in [5.74, 6) is 2.28. The molecule has 0 radical (unpaired) electrons. The Balaban J connectivity index is 3.05. The van der Waals surface area contributed by atoms with Crippen molar-refractivity contribution in [2.75, 3.05) is 6.61 Å². The van der Waals surface area contributed by atoms with Crippen LogP contribution in [-0.4, -0.2) is 26.2 Å². The number of halogens is 1. The highest BCUT2D eigenvalue weighted by atomic mass is 79.9. The van der Waals surface area contributed by atoms with Gasteiger partial charge < -0.3 is 5.11 Å². The summed E-state index contributed by atoms with van der Waals surface area (Å²) in [6, 6.07) is 5.22. The van der Waals surface area contributed by atoms with Gasteiger partial charge in [0.1, 0.15) is 6.07 Å². The van der Waals surface area contributed by atoms with Crippen LogP contribution in [0, 0.1) is 23.7 Å². The summed E-state index contributed by atoms with van der Waals surface area (Å²) in [5, 5.41) is 17.8. The van der Waals surface area contributed by atoms with Gasteiger partial charge in [0, 0.05) is 10.9 Å². The molecule has 0 heterocycles. The lowest BCUT2D eigenvalue weighted by Crippen LogP contribution is -2.37. The molecule has 1 aromatic carbocycles. The molecule has 0 spiro atoms. The second kappa shape index (κ2) is 6.69. The van der Waals surface area contributed by atoms with Crippen molar-refractivity contribution < 1.29 is 13.5 Å². The molecule has 19 heavy (non-hydrogen) atoms. The highest BCUT2D eigenvalue weighted by molar-refractivity contribution is 9.10. The first-order valence-electron chi connectivity index (χ1n) is 5.21. The van der Waals surface area contributed by atoms with Crippen molar-refractivity contribution in [3.05, 3.63) is 28.2 Å². The predicted molar refractivity (Wildman–Crippen MR) is 73.5 cm³/mol. The van der Waals surface area contributed by atoms with Crippen LogP contribution in [0.3, 0.4) is 0 Å². The molecule has 0 aliphatic heterocycles. The summed E-state index contributed by atoms with van der Waals surface area (Å²) in [7, 11) is -3.79. The Morgan fingerprint density at radius 2 is 2.21 bits per heavy atom. The fourth-order valence-corrected chi connectivity index (χ4v) is 3.20. The van der Waals surface area contributed by atoms with E-state index in [1.807, 2.05) is 6.07 Å². The molecule has 1 unspecified atom stereocenters. The van der Waals surface area contributed by atoms with Crippen LogP contribution in [0.25, 0.3) is 0 Å². The van der Waals surface area contributed by atoms with E-state index in [1.54, 1.807) is 0 Å². The van der Waals surface area contributed by atoms with Crippen molar-refractivity contribution in [1.82, 2.24) is 4.72 Å². The van der Waals surface area contributed by atoms with E-state index in [-0.39, 0.29) is 17.9 Å². The average Bonchev–Trinajstić information content (AvgIpc) is 2.37. The lowest BCUT2D eigenvalue weighted by Gasteiger charge is -2.14. The lowest BCUT2D eigenvalue weighted by atomic mass is 10.2. The molecule has 0 saturated carbocycles. The molecule has 0 aromatic heterocycles. The number of hydrogen-bond donors (Lipinski definition) is 2. The number of nitriles is 1. The van der Waals surface area contributed by atoms with Gasteiger partial charge in [-0.1, -0.05) is 0 Å². The Kier molecular flexibility index (Phi) is 5.52. The van der Waals surface area contributed by atoms with Gasteiger partial charge in [-0.05, 0) is 34.1 Å². The number of nitrogens with zero attached hydrogens (tertiary/aromatic N) is 1. The fraction of sp³-hybridized carbons (Fsp3) is 0.250. The van der Waals surface area contributed by atoms with Gasteiger partial charge in [-0.15, -0.1) is 12.3 Å². The number of nitrogens with one attached hydrogen (secondary N) is 1. The van der Waals surface area contributed by atoms with Crippen molar-refractivity contribution in [3.63, 3.8) is 0 Å². The zero-order chi connectivity index (χ0) is 14.5. The Bertz CT molecular complexity index is 644. The zero-order valence-corrected chi connectivity index (χ0v) is 12.2. The van der Waals surface area contributed by atoms with Gasteiger partial charge in [-0.25, -0.2) is 13.1 Å². The Morgan fingerprint density at radius 1 is 1.53 bits per heavy atom. The lowest BCUT2D eigenvalue weighted by molar-refractivity contribution is 0.258. The summed E-state index contributed by atoms with van der Waals surface area (Å²) in [4.78, 5) is -0.00570. The number of aliphatic hydroxyl groups is 1. The number of rotatable bonds is 5. The zero-order valence-electron chi connectivity index (χ0n) is 9.80. The van der Waals surface area contributed by atoms with Crippen LogP contribution < -0.4 is 4.72 Å². The van der Waals surface area contributed by atoms with Crippen molar-refractivity contribution in [2.45, 2.75) is 17.4 Å². The number of aliphatic hydroxyl groups excluding tert-OH is 1. The van der Waals surface area contributed by atoms with Gasteiger partial charge >= 0.3 is 0 Å². The van der Waals surface area contributed by atoms with Gasteiger partial charge in [0.05, 0.1) is 23.1 Å². The van der Waals surface area contributed by atoms with Gasteiger partial charge in [0.15, 0.2) is 0 Å². The van der Waals surface area contributed by atoms with E-state index >= 15 is 0 Å². The number of sulfonamides is 1. The minimum atomic E-state index is -3.79. The Morgan fingerprint density at radius 3 is 2.68 bits per heavy atom. The first-order valence-corrected chi connectivity index (χ1v) is 7.48. The second-order valence-electron chi connectivity index (χ2n) is 3.66. The molecule has 1 aromatic rings. The molecular weight excluding hydrogens is 332 g/mol. The largest absolute Gasteiger partial charge is 0.395 e. The van der Waals surface area contributed by atoms with Gasteiger partial charge in [-0.3, -0.25) is 0 Å². The van der Waals surface area contributed by atoms with E-state index in [0.717, 1.165) is 0 Å². The first-order chi connectivity index (χ1) is 8.94. The molecule has 0 saturated heterocycles. The third kappa shape index (κ3) is 4.05. The van der Waals surface area contributed by atoms with Gasteiger partial charge in [0.25, 0.3) is 0 Å². The molecule has 0 aliphatic carbocycles. The third-order valence-corrected chi connectivity index (χ3v) is 4.45. The van der Waals surface area contributed by atoms with E-state index in [1.165, 1.54) is 18.2 Å². The maximum absolute atomic E-state index is 12.0. The quantitative estimate of drug-likeness (QED) is 0.780. The molecule has 5 nitrogen and oxygen atoms in total. The van der Waals surface area contributed by atoms with Crippen molar-refractivity contribution >= 4 is 26.0 Å². The van der Waals surface area contributed by atoms with Crippen LogP contribution in [0.2, 0.25) is 0 Å². The molecule has 100 valence electrons. The van der Waals surface area contributed by atoms with Crippen molar-refractivity contribution in [1.29, 1.82) is 5.26 Å². The minimum Gasteiger partial charge on any atom is -0.395 e. The van der Waals surface area contributed by atoms with Crippen LogP contribution in [0.5, 0.6) is 0 Å². The average molecular weight is 343 g/mol. The molecule has 0 amide bonds. The normalized spacial score (nSPS) is 12.4. The summed E-state index contributed by atoms with van der Waals surface area (Å²) in [6.45, 7) is -0.388. The molecule has 7 heteroatoms. The van der Waals surface area contributed by atoms with Crippen molar-refractivity contribution in [2.24, 2.45) is 0 Å². The number of hydrogen-bond acceptors (Lipinski definition) is 4. The summed E-state index contributed by atoms with van der Waals surface area (Å²) in [5.41, 5.74) is 0.335. The van der Waals surface area contributed by atoms with Gasteiger partial charge in [0.2, 0.25) is 10.0 Å². The SMILES string of the molecule is C#CCC(CO)NS(=O)(=O)c1ccc(C#N)c(Br)c1. The molecule has 0 aliphatic rings. The van der Waals surface area contributed by atoms with Crippen molar-refractivity contribution in [3.8, 4) is 18.4 Å². The molecular formula is C12H11BrN2O3S. The molecule has 1 rings (SSSR count). The summed E-state index contributed by atoms with van der Waals surface area (Å²) < 4.78 is 26.8. The first kappa shape index (κ1) is 15.7. The molecule has 2 N–H and O–H groups in total. The standard InChI is InChI=1S/C12H11BrN2O3S/c1-2-3-10(8-16)15-19(17,18)11-5-4-9(7-14)12(13)6-11/h1,4-6,10,15-16H,3,8H2. The molecule has 1 atom stereocenters. The fourth-order valence-electron chi connectivity index (χ4n) is 1.33. The van der Waals surface area contributed by atoms with Crippen LogP contribution >= 0.6 is 15.9 Å². The van der Waals surface area contributed by atoms with Crippen LogP contribution in [-0.2, 0) is 10.0 Å². The monoisotopic (exact) mass is 342 g/mol. The third-order valence-electron chi connectivity index (χ3n) is 2.28. The smallest absolute Gasteiger partial charge is 0.240 e. The van der Waals surface area contributed by atoms with Gasteiger partial charge in [-0.2, -0.15) is 5.26 Å². The Hall–Kier alpha value is -1.38. The van der Waals surface area contributed by atoms with E-state index < -0.39 is 16.1 Å². The molecule has 0 bridgehead atoms. The summed E-state index contributed by atoms with van der Waals surface area (Å²) in [6.07, 6.45) is 5.18.